The van der Waals surface area contributed by atoms with Crippen LogP contribution in [0.5, 0.6) is 0 Å². The van der Waals surface area contributed by atoms with Crippen molar-refractivity contribution in [3.63, 3.8) is 0 Å². The Morgan fingerprint density at radius 1 is 0.967 bits per heavy atom. The van der Waals surface area contributed by atoms with E-state index >= 15 is 0 Å². The van der Waals surface area contributed by atoms with E-state index in [-0.39, 0.29) is 5.69 Å². The standard InChI is InChI=1S/C13H12FN5.C7H5F3S/c1-19-5-8(7-3-2-4-9(15)11(7)14)10-12(16)17-6-18-13(10)19;8-7(9,10)5-1-3-6(11)4-2-5/h2-6H,15H2,1H3,(H2,16,17,18);1-4,11H. The van der Waals surface area contributed by atoms with Crippen molar-refractivity contribution < 1.29 is 17.6 Å². The summed E-state index contributed by atoms with van der Waals surface area (Å²) in [5.41, 5.74) is 12.6. The van der Waals surface area contributed by atoms with Crippen molar-refractivity contribution in [3.8, 4) is 11.1 Å². The van der Waals surface area contributed by atoms with Crippen molar-refractivity contribution in [1.82, 2.24) is 14.5 Å². The van der Waals surface area contributed by atoms with Crippen LogP contribution in [0.25, 0.3) is 22.2 Å². The van der Waals surface area contributed by atoms with Crippen molar-refractivity contribution in [3.05, 3.63) is 66.4 Å². The molecule has 0 unspecified atom stereocenters. The Morgan fingerprint density at radius 2 is 1.63 bits per heavy atom. The van der Waals surface area contributed by atoms with Crippen molar-refractivity contribution in [2.24, 2.45) is 7.05 Å². The smallest absolute Gasteiger partial charge is 0.396 e. The van der Waals surface area contributed by atoms with Gasteiger partial charge in [-0.15, -0.1) is 12.6 Å². The maximum atomic E-state index is 14.1. The molecule has 156 valence electrons. The highest BCUT2D eigenvalue weighted by atomic mass is 32.1. The zero-order valence-electron chi connectivity index (χ0n) is 15.7. The Labute approximate surface area is 174 Å². The van der Waals surface area contributed by atoms with E-state index in [1.54, 1.807) is 22.9 Å². The molecule has 4 rings (SSSR count). The Kier molecular flexibility index (Phi) is 5.88. The third kappa shape index (κ3) is 4.33. The van der Waals surface area contributed by atoms with Crippen LogP contribution in [0.1, 0.15) is 5.56 Å². The second-order valence-electron chi connectivity index (χ2n) is 6.36. The van der Waals surface area contributed by atoms with E-state index in [0.717, 1.165) is 12.1 Å². The predicted molar refractivity (Wildman–Crippen MR) is 111 cm³/mol. The summed E-state index contributed by atoms with van der Waals surface area (Å²) in [5.74, 6) is -0.138. The van der Waals surface area contributed by atoms with Gasteiger partial charge in [0, 0.05) is 29.3 Å². The van der Waals surface area contributed by atoms with E-state index in [1.807, 2.05) is 7.05 Å². The molecule has 0 aliphatic carbocycles. The van der Waals surface area contributed by atoms with Crippen LogP contribution in [0.2, 0.25) is 0 Å². The molecule has 0 aliphatic rings. The minimum Gasteiger partial charge on any atom is -0.396 e. The van der Waals surface area contributed by atoms with Gasteiger partial charge in [0.05, 0.1) is 16.6 Å². The van der Waals surface area contributed by atoms with Gasteiger partial charge < -0.3 is 16.0 Å². The van der Waals surface area contributed by atoms with Crippen molar-refractivity contribution >= 4 is 35.2 Å². The van der Waals surface area contributed by atoms with Crippen LogP contribution < -0.4 is 11.5 Å². The topological polar surface area (TPSA) is 82.8 Å². The van der Waals surface area contributed by atoms with Gasteiger partial charge in [0.2, 0.25) is 0 Å². The van der Waals surface area contributed by atoms with Crippen LogP contribution in [-0.4, -0.2) is 14.5 Å². The lowest BCUT2D eigenvalue weighted by Crippen LogP contribution is -2.03. The average Bonchev–Trinajstić information content (AvgIpc) is 3.02. The van der Waals surface area contributed by atoms with E-state index in [1.165, 1.54) is 24.5 Å². The molecule has 0 amide bonds. The van der Waals surface area contributed by atoms with Gasteiger partial charge in [-0.2, -0.15) is 13.2 Å². The molecular formula is C20H17F4N5S. The molecule has 10 heteroatoms. The molecular weight excluding hydrogens is 418 g/mol. The normalized spacial score (nSPS) is 11.3. The predicted octanol–water partition coefficient (Wildman–Crippen LogP) is 4.93. The van der Waals surface area contributed by atoms with Crippen LogP contribution in [0.4, 0.5) is 29.1 Å². The number of fused-ring (bicyclic) bond motifs is 1. The summed E-state index contributed by atoms with van der Waals surface area (Å²) in [7, 11) is 1.82. The van der Waals surface area contributed by atoms with E-state index < -0.39 is 17.6 Å². The fraction of sp³-hybridized carbons (Fsp3) is 0.100. The second kappa shape index (κ2) is 8.23. The molecule has 2 heterocycles. The third-order valence-corrected chi connectivity index (χ3v) is 4.59. The van der Waals surface area contributed by atoms with Crippen molar-refractivity contribution in [2.75, 3.05) is 11.5 Å². The lowest BCUT2D eigenvalue weighted by atomic mass is 10.0. The number of nitrogens with two attached hydrogens (primary N) is 2. The van der Waals surface area contributed by atoms with Crippen LogP contribution in [0.15, 0.2) is 59.9 Å². The number of rotatable bonds is 1. The van der Waals surface area contributed by atoms with Gasteiger partial charge >= 0.3 is 6.18 Å². The van der Waals surface area contributed by atoms with Crippen LogP contribution in [0, 0.1) is 5.82 Å². The van der Waals surface area contributed by atoms with E-state index in [0.29, 0.717) is 32.9 Å². The van der Waals surface area contributed by atoms with Gasteiger partial charge in [-0.1, -0.05) is 12.1 Å². The summed E-state index contributed by atoms with van der Waals surface area (Å²) in [6.07, 6.45) is -1.09. The fourth-order valence-electron chi connectivity index (χ4n) is 2.85. The number of nitrogens with zero attached hydrogens (tertiary/aromatic N) is 3. The average molecular weight is 435 g/mol. The maximum absolute atomic E-state index is 14.1. The molecule has 0 bridgehead atoms. The Morgan fingerprint density at radius 3 is 2.27 bits per heavy atom. The molecule has 2 aromatic heterocycles. The largest absolute Gasteiger partial charge is 0.416 e. The van der Waals surface area contributed by atoms with E-state index in [9.17, 15) is 17.6 Å². The number of nitrogen functional groups attached to an aromatic ring is 2. The lowest BCUT2D eigenvalue weighted by Gasteiger charge is -2.05. The third-order valence-electron chi connectivity index (χ3n) is 4.30. The van der Waals surface area contributed by atoms with Gasteiger partial charge in [-0.3, -0.25) is 0 Å². The molecule has 0 radical (unpaired) electrons. The number of hydrogen-bond donors (Lipinski definition) is 3. The van der Waals surface area contributed by atoms with Gasteiger partial charge in [0.1, 0.15) is 17.8 Å². The fourth-order valence-corrected chi connectivity index (χ4v) is 3.00. The van der Waals surface area contributed by atoms with Crippen LogP contribution in [-0.2, 0) is 13.2 Å². The quantitative estimate of drug-likeness (QED) is 0.225. The van der Waals surface area contributed by atoms with Crippen molar-refractivity contribution in [1.29, 1.82) is 0 Å². The van der Waals surface area contributed by atoms with Gasteiger partial charge in [0.15, 0.2) is 5.82 Å². The van der Waals surface area contributed by atoms with E-state index in [2.05, 4.69) is 22.6 Å². The number of benzene rings is 2. The molecule has 4 aromatic rings. The van der Waals surface area contributed by atoms with Crippen LogP contribution >= 0.6 is 12.6 Å². The molecule has 5 nitrogen and oxygen atoms in total. The van der Waals surface area contributed by atoms with Gasteiger partial charge in [-0.05, 0) is 30.3 Å². The summed E-state index contributed by atoms with van der Waals surface area (Å²) in [4.78, 5) is 8.64. The summed E-state index contributed by atoms with van der Waals surface area (Å²) < 4.78 is 51.6. The number of aryl methyl sites for hydroxylation is 1. The first kappa shape index (κ1) is 21.4. The summed E-state index contributed by atoms with van der Waals surface area (Å²) >= 11 is 3.86. The molecule has 30 heavy (non-hydrogen) atoms. The number of thiol groups is 1. The molecule has 0 saturated carbocycles. The number of anilines is 2. The SMILES string of the molecule is Cn1cc(-c2cccc(N)c2F)c2c(N)ncnc21.FC(F)(F)c1ccc(S)cc1. The first-order valence-corrected chi connectivity index (χ1v) is 9.00. The molecule has 0 spiro atoms. The molecule has 0 aliphatic heterocycles. The maximum Gasteiger partial charge on any atom is 0.416 e. The molecule has 0 saturated heterocycles. The zero-order valence-corrected chi connectivity index (χ0v) is 16.5. The summed E-state index contributed by atoms with van der Waals surface area (Å²) in [5, 5.41) is 0.634. The second-order valence-corrected chi connectivity index (χ2v) is 6.88. The Balaban J connectivity index is 0.000000199. The monoisotopic (exact) mass is 435 g/mol. The van der Waals surface area contributed by atoms with Crippen molar-refractivity contribution in [2.45, 2.75) is 11.1 Å². The summed E-state index contributed by atoms with van der Waals surface area (Å²) in [6.45, 7) is 0. The van der Waals surface area contributed by atoms with Crippen LogP contribution in [0.3, 0.4) is 0 Å². The van der Waals surface area contributed by atoms with E-state index in [4.69, 9.17) is 11.5 Å². The minimum absolute atomic E-state index is 0.102. The molecule has 4 N–H and O–H groups in total. The molecule has 0 atom stereocenters. The Bertz CT molecular complexity index is 1190. The highest BCUT2D eigenvalue weighted by molar-refractivity contribution is 7.80. The zero-order chi connectivity index (χ0) is 22.1. The lowest BCUT2D eigenvalue weighted by molar-refractivity contribution is -0.137. The minimum atomic E-state index is -4.25. The molecule has 0 fully saturated rings. The number of alkyl halides is 3. The Hall–Kier alpha value is -3.27. The highest BCUT2D eigenvalue weighted by Gasteiger charge is 2.29. The van der Waals surface area contributed by atoms with Gasteiger partial charge in [-0.25, -0.2) is 14.4 Å². The number of aromatic nitrogens is 3. The molecule has 2 aromatic carbocycles. The number of halogens is 4. The highest BCUT2D eigenvalue weighted by Crippen LogP contribution is 2.34. The van der Waals surface area contributed by atoms with Gasteiger partial charge in [0.25, 0.3) is 0 Å². The first-order chi connectivity index (χ1) is 14.1. The number of hydrogen-bond acceptors (Lipinski definition) is 5. The first-order valence-electron chi connectivity index (χ1n) is 8.55. The summed E-state index contributed by atoms with van der Waals surface area (Å²) in [6, 6.07) is 9.51.